The van der Waals surface area contributed by atoms with E-state index in [0.717, 1.165) is 24.2 Å². The first-order valence-corrected chi connectivity index (χ1v) is 13.1. The Morgan fingerprint density at radius 2 is 1.60 bits per heavy atom. The van der Waals surface area contributed by atoms with Crippen molar-refractivity contribution in [2.45, 2.75) is 119 Å². The van der Waals surface area contributed by atoms with Crippen molar-refractivity contribution in [2.24, 2.45) is 39.9 Å². The van der Waals surface area contributed by atoms with Crippen molar-refractivity contribution in [1.82, 2.24) is 0 Å². The van der Waals surface area contributed by atoms with Crippen LogP contribution in [0.1, 0.15) is 113 Å². The molecule has 4 aliphatic rings. The molecule has 170 valence electrons. The zero-order valence-corrected chi connectivity index (χ0v) is 21.0. The maximum atomic E-state index is 10.8. The SMILES string of the molecule is CC(C)=CCC[C@H](C)[C@@H]1CC[C@]2(C)C3=C(CC[C@H]12)[C@]1(C)CC[C@H](O)C(C)(C)[C@H]1CC3. The van der Waals surface area contributed by atoms with Crippen molar-refractivity contribution < 1.29 is 5.11 Å². The van der Waals surface area contributed by atoms with Gasteiger partial charge in [0.15, 0.2) is 0 Å². The lowest BCUT2D eigenvalue weighted by Crippen LogP contribution is -2.53. The molecule has 4 aliphatic carbocycles. The van der Waals surface area contributed by atoms with Gasteiger partial charge >= 0.3 is 0 Å². The molecule has 0 aliphatic heterocycles. The number of hydrogen-bond donors (Lipinski definition) is 1. The second kappa shape index (κ2) is 7.79. The molecule has 30 heavy (non-hydrogen) atoms. The lowest BCUT2D eigenvalue weighted by molar-refractivity contribution is -0.0931. The molecule has 0 bridgehead atoms. The molecule has 0 aromatic heterocycles. The molecule has 1 N–H and O–H groups in total. The van der Waals surface area contributed by atoms with Gasteiger partial charge in [0.05, 0.1) is 6.10 Å². The predicted molar refractivity (Wildman–Crippen MR) is 128 cm³/mol. The molecule has 4 rings (SSSR count). The summed E-state index contributed by atoms with van der Waals surface area (Å²) in [5.41, 5.74) is 6.06. The Kier molecular flexibility index (Phi) is 5.87. The van der Waals surface area contributed by atoms with Crippen LogP contribution >= 0.6 is 0 Å². The first-order chi connectivity index (χ1) is 14.0. The molecule has 0 spiro atoms. The van der Waals surface area contributed by atoms with E-state index >= 15 is 0 Å². The fourth-order valence-electron chi connectivity index (χ4n) is 9.00. The summed E-state index contributed by atoms with van der Waals surface area (Å²) in [4.78, 5) is 0. The number of fused-ring (bicyclic) bond motifs is 4. The minimum absolute atomic E-state index is 0.0565. The van der Waals surface area contributed by atoms with Crippen LogP contribution in [0.3, 0.4) is 0 Å². The van der Waals surface area contributed by atoms with E-state index in [9.17, 15) is 5.11 Å². The van der Waals surface area contributed by atoms with E-state index in [0.29, 0.717) is 16.7 Å². The fraction of sp³-hybridized carbons (Fsp3) is 0.862. The average molecular weight is 413 g/mol. The van der Waals surface area contributed by atoms with Gasteiger partial charge in [0.1, 0.15) is 0 Å². The summed E-state index contributed by atoms with van der Waals surface area (Å²) in [6.45, 7) is 16.9. The molecule has 0 aromatic carbocycles. The molecule has 1 heteroatoms. The van der Waals surface area contributed by atoms with Crippen molar-refractivity contribution >= 4 is 0 Å². The van der Waals surface area contributed by atoms with Gasteiger partial charge in [-0.15, -0.1) is 0 Å². The molecule has 0 amide bonds. The van der Waals surface area contributed by atoms with Gasteiger partial charge in [-0.2, -0.15) is 0 Å². The summed E-state index contributed by atoms with van der Waals surface area (Å²) in [7, 11) is 0. The highest BCUT2D eigenvalue weighted by molar-refractivity contribution is 5.37. The van der Waals surface area contributed by atoms with Crippen molar-refractivity contribution in [3.63, 3.8) is 0 Å². The second-order valence-electron chi connectivity index (χ2n) is 12.9. The summed E-state index contributed by atoms with van der Waals surface area (Å²) in [6, 6.07) is 0. The van der Waals surface area contributed by atoms with Crippen molar-refractivity contribution in [3.05, 3.63) is 22.8 Å². The molecule has 0 aromatic rings. The smallest absolute Gasteiger partial charge is 0.0594 e. The second-order valence-corrected chi connectivity index (χ2v) is 12.9. The lowest BCUT2D eigenvalue weighted by Gasteiger charge is -2.60. The summed E-state index contributed by atoms with van der Waals surface area (Å²) in [6.07, 6.45) is 15.3. The lowest BCUT2D eigenvalue weighted by atomic mass is 9.45. The Labute approximate surface area is 186 Å². The van der Waals surface area contributed by atoms with E-state index in [4.69, 9.17) is 0 Å². The van der Waals surface area contributed by atoms with Crippen molar-refractivity contribution in [1.29, 1.82) is 0 Å². The van der Waals surface area contributed by atoms with Crippen molar-refractivity contribution in [2.75, 3.05) is 0 Å². The Balaban J connectivity index is 1.59. The number of aliphatic hydroxyl groups is 1. The zero-order chi connectivity index (χ0) is 21.9. The number of rotatable bonds is 4. The van der Waals surface area contributed by atoms with E-state index < -0.39 is 0 Å². The molecule has 7 atom stereocenters. The van der Waals surface area contributed by atoms with Gasteiger partial charge in [0.2, 0.25) is 0 Å². The van der Waals surface area contributed by atoms with Crippen LogP contribution in [0.15, 0.2) is 22.8 Å². The van der Waals surface area contributed by atoms with Gasteiger partial charge in [-0.05, 0) is 118 Å². The maximum absolute atomic E-state index is 10.8. The van der Waals surface area contributed by atoms with Crippen LogP contribution in [0.2, 0.25) is 0 Å². The van der Waals surface area contributed by atoms with Gasteiger partial charge in [0.25, 0.3) is 0 Å². The predicted octanol–water partition coefficient (Wildman–Crippen LogP) is 8.09. The Bertz CT molecular complexity index is 723. The Morgan fingerprint density at radius 3 is 2.30 bits per heavy atom. The highest BCUT2D eigenvalue weighted by Crippen LogP contribution is 2.68. The molecule has 0 unspecified atom stereocenters. The molecule has 2 saturated carbocycles. The van der Waals surface area contributed by atoms with Gasteiger partial charge in [0, 0.05) is 0 Å². The number of aliphatic hydroxyl groups excluding tert-OH is 1. The molecule has 0 saturated heterocycles. The standard InChI is InChI=1S/C29H48O/c1-19(2)9-8-10-20(3)21-15-17-28(6)22(21)11-12-24-23(28)13-14-25-27(4,5)26(30)16-18-29(24,25)7/h9,20-22,25-26,30H,8,10-18H2,1-7H3/t20-,21-,22+,25+,26-,28-,29-/m0/s1. The maximum Gasteiger partial charge on any atom is 0.0594 e. The largest absolute Gasteiger partial charge is 0.393 e. The number of hydrogen-bond acceptors (Lipinski definition) is 1. The average Bonchev–Trinajstić information content (AvgIpc) is 3.02. The van der Waals surface area contributed by atoms with Crippen LogP contribution in [-0.2, 0) is 0 Å². The van der Waals surface area contributed by atoms with E-state index in [1.165, 1.54) is 63.4 Å². The molecule has 0 heterocycles. The van der Waals surface area contributed by atoms with E-state index in [1.54, 1.807) is 0 Å². The molecule has 1 nitrogen and oxygen atoms in total. The normalized spacial score (nSPS) is 43.5. The van der Waals surface area contributed by atoms with Crippen LogP contribution < -0.4 is 0 Å². The van der Waals surface area contributed by atoms with Gasteiger partial charge in [-0.3, -0.25) is 0 Å². The Morgan fingerprint density at radius 1 is 0.967 bits per heavy atom. The van der Waals surface area contributed by atoms with Gasteiger partial charge < -0.3 is 5.11 Å². The number of allylic oxidation sites excluding steroid dienone is 4. The summed E-state index contributed by atoms with van der Waals surface area (Å²) in [5, 5.41) is 10.8. The topological polar surface area (TPSA) is 20.2 Å². The van der Waals surface area contributed by atoms with Crippen LogP contribution in [-0.4, -0.2) is 11.2 Å². The summed E-state index contributed by atoms with van der Waals surface area (Å²) in [5.74, 6) is 3.32. The van der Waals surface area contributed by atoms with Gasteiger partial charge in [-0.1, -0.05) is 57.4 Å². The highest BCUT2D eigenvalue weighted by Gasteiger charge is 2.59. The minimum atomic E-state index is -0.123. The quantitative estimate of drug-likeness (QED) is 0.462. The van der Waals surface area contributed by atoms with Crippen LogP contribution in [0, 0.1) is 39.9 Å². The van der Waals surface area contributed by atoms with Crippen LogP contribution in [0.25, 0.3) is 0 Å². The third kappa shape index (κ3) is 3.37. The third-order valence-corrected chi connectivity index (χ3v) is 10.8. The van der Waals surface area contributed by atoms with Crippen molar-refractivity contribution in [3.8, 4) is 0 Å². The molecule has 2 fully saturated rings. The van der Waals surface area contributed by atoms with Crippen LogP contribution in [0.5, 0.6) is 0 Å². The molecular formula is C29H48O. The van der Waals surface area contributed by atoms with E-state index in [1.807, 2.05) is 11.1 Å². The van der Waals surface area contributed by atoms with E-state index in [-0.39, 0.29) is 11.5 Å². The molecular weight excluding hydrogens is 364 g/mol. The first-order valence-electron chi connectivity index (χ1n) is 13.1. The zero-order valence-electron chi connectivity index (χ0n) is 21.0. The summed E-state index contributed by atoms with van der Waals surface area (Å²) < 4.78 is 0. The van der Waals surface area contributed by atoms with E-state index in [2.05, 4.69) is 54.5 Å². The monoisotopic (exact) mass is 412 g/mol. The highest BCUT2D eigenvalue weighted by atomic mass is 16.3. The summed E-state index contributed by atoms with van der Waals surface area (Å²) >= 11 is 0. The molecule has 0 radical (unpaired) electrons. The fourth-order valence-corrected chi connectivity index (χ4v) is 9.00. The van der Waals surface area contributed by atoms with Gasteiger partial charge in [-0.25, -0.2) is 0 Å². The van der Waals surface area contributed by atoms with Crippen LogP contribution in [0.4, 0.5) is 0 Å². The Hall–Kier alpha value is -0.560. The first kappa shape index (κ1) is 22.6. The minimum Gasteiger partial charge on any atom is -0.393 e. The third-order valence-electron chi connectivity index (χ3n) is 10.8.